The smallest absolute Gasteiger partial charge is 0.251 e. The zero-order chi connectivity index (χ0) is 15.1. The number of aryl methyl sites for hydroxylation is 1. The van der Waals surface area contributed by atoms with Crippen LogP contribution in [0.4, 0.5) is 5.69 Å². The molecule has 0 saturated heterocycles. The Kier molecular flexibility index (Phi) is 5.38. The van der Waals surface area contributed by atoms with E-state index in [4.69, 9.17) is 0 Å². The fourth-order valence-electron chi connectivity index (χ4n) is 2.20. The predicted octanol–water partition coefficient (Wildman–Crippen LogP) is 3.61. The number of benzene rings is 2. The van der Waals surface area contributed by atoms with Crippen molar-refractivity contribution in [2.75, 3.05) is 12.4 Å². The fraction of sp³-hybridized carbons (Fsp3) is 0.278. The molecule has 2 rings (SSSR count). The van der Waals surface area contributed by atoms with Crippen LogP contribution in [0.1, 0.15) is 34.8 Å². The summed E-state index contributed by atoms with van der Waals surface area (Å²) in [7, 11) is 1.64. The second-order valence-corrected chi connectivity index (χ2v) is 5.08. The number of hydrogen-bond donors (Lipinski definition) is 2. The average Bonchev–Trinajstić information content (AvgIpc) is 2.54. The van der Waals surface area contributed by atoms with E-state index in [1.54, 1.807) is 7.05 Å². The molecule has 21 heavy (non-hydrogen) atoms. The van der Waals surface area contributed by atoms with E-state index in [-0.39, 0.29) is 5.91 Å². The Balaban J connectivity index is 1.91. The van der Waals surface area contributed by atoms with E-state index in [9.17, 15) is 4.79 Å². The van der Waals surface area contributed by atoms with Crippen LogP contribution in [0.5, 0.6) is 0 Å². The third kappa shape index (κ3) is 4.35. The second kappa shape index (κ2) is 7.48. The first-order valence-corrected chi connectivity index (χ1v) is 7.36. The molecule has 3 heteroatoms. The van der Waals surface area contributed by atoms with Gasteiger partial charge in [0.25, 0.3) is 5.91 Å². The number of anilines is 1. The number of amides is 1. The quantitative estimate of drug-likeness (QED) is 0.849. The monoisotopic (exact) mass is 282 g/mol. The summed E-state index contributed by atoms with van der Waals surface area (Å²) < 4.78 is 0. The highest BCUT2D eigenvalue weighted by molar-refractivity contribution is 5.93. The highest BCUT2D eigenvalue weighted by Crippen LogP contribution is 2.13. The molecule has 110 valence electrons. The van der Waals surface area contributed by atoms with Crippen molar-refractivity contribution in [1.29, 1.82) is 0 Å². The Morgan fingerprint density at radius 2 is 1.57 bits per heavy atom. The van der Waals surface area contributed by atoms with Crippen molar-refractivity contribution in [3.8, 4) is 0 Å². The van der Waals surface area contributed by atoms with Gasteiger partial charge in [0.15, 0.2) is 0 Å². The first-order valence-electron chi connectivity index (χ1n) is 7.36. The van der Waals surface area contributed by atoms with Gasteiger partial charge in [-0.2, -0.15) is 0 Å². The van der Waals surface area contributed by atoms with Crippen molar-refractivity contribution in [3.05, 3.63) is 65.2 Å². The molecule has 0 spiro atoms. The van der Waals surface area contributed by atoms with E-state index in [1.807, 2.05) is 24.3 Å². The SMILES string of the molecule is CCCc1ccc(NCc2ccc(C(=O)NC)cc2)cc1. The van der Waals surface area contributed by atoms with E-state index in [1.165, 1.54) is 12.0 Å². The van der Waals surface area contributed by atoms with Gasteiger partial charge in [-0.15, -0.1) is 0 Å². The van der Waals surface area contributed by atoms with Crippen LogP contribution in [0.2, 0.25) is 0 Å². The molecule has 0 aliphatic carbocycles. The molecule has 0 aromatic heterocycles. The lowest BCUT2D eigenvalue weighted by molar-refractivity contribution is 0.0963. The molecule has 2 aromatic carbocycles. The summed E-state index contributed by atoms with van der Waals surface area (Å²) in [4.78, 5) is 11.5. The van der Waals surface area contributed by atoms with Crippen LogP contribution in [0.15, 0.2) is 48.5 Å². The van der Waals surface area contributed by atoms with Crippen molar-refractivity contribution in [1.82, 2.24) is 5.32 Å². The van der Waals surface area contributed by atoms with Gasteiger partial charge < -0.3 is 10.6 Å². The first-order chi connectivity index (χ1) is 10.2. The molecule has 2 N–H and O–H groups in total. The number of rotatable bonds is 6. The summed E-state index contributed by atoms with van der Waals surface area (Å²) in [6.07, 6.45) is 2.30. The molecule has 0 fully saturated rings. The number of hydrogen-bond acceptors (Lipinski definition) is 2. The standard InChI is InChI=1S/C18H22N2O/c1-3-4-14-7-11-17(12-8-14)20-13-15-5-9-16(10-6-15)18(21)19-2/h5-12,20H,3-4,13H2,1-2H3,(H,19,21). The van der Waals surface area contributed by atoms with Crippen LogP contribution >= 0.6 is 0 Å². The molecule has 0 unspecified atom stereocenters. The minimum Gasteiger partial charge on any atom is -0.381 e. The Labute approximate surface area is 126 Å². The summed E-state index contributed by atoms with van der Waals surface area (Å²) in [6.45, 7) is 2.94. The van der Waals surface area contributed by atoms with E-state index >= 15 is 0 Å². The average molecular weight is 282 g/mol. The van der Waals surface area contributed by atoms with Gasteiger partial charge in [-0.1, -0.05) is 37.6 Å². The molecule has 3 nitrogen and oxygen atoms in total. The van der Waals surface area contributed by atoms with Crippen molar-refractivity contribution in [2.45, 2.75) is 26.3 Å². The summed E-state index contributed by atoms with van der Waals surface area (Å²) in [5.74, 6) is -0.0546. The molecule has 0 bridgehead atoms. The molecule has 2 aromatic rings. The zero-order valence-electron chi connectivity index (χ0n) is 12.6. The maximum absolute atomic E-state index is 11.5. The largest absolute Gasteiger partial charge is 0.381 e. The first kappa shape index (κ1) is 15.1. The predicted molar refractivity (Wildman–Crippen MR) is 87.6 cm³/mol. The third-order valence-corrected chi connectivity index (χ3v) is 3.43. The number of carbonyl (C=O) groups is 1. The lowest BCUT2D eigenvalue weighted by Crippen LogP contribution is -2.17. The van der Waals surface area contributed by atoms with Crippen molar-refractivity contribution < 1.29 is 4.79 Å². The van der Waals surface area contributed by atoms with Gasteiger partial charge in [-0.25, -0.2) is 0 Å². The van der Waals surface area contributed by atoms with Crippen LogP contribution in [0.25, 0.3) is 0 Å². The zero-order valence-corrected chi connectivity index (χ0v) is 12.6. The molecule has 0 atom stereocenters. The van der Waals surface area contributed by atoms with E-state index in [0.717, 1.165) is 24.2 Å². The summed E-state index contributed by atoms with van der Waals surface area (Å²) in [5.41, 5.74) is 4.33. The Morgan fingerprint density at radius 1 is 0.952 bits per heavy atom. The molecule has 0 radical (unpaired) electrons. The highest BCUT2D eigenvalue weighted by atomic mass is 16.1. The number of carbonyl (C=O) groups excluding carboxylic acids is 1. The number of nitrogens with one attached hydrogen (secondary N) is 2. The van der Waals surface area contributed by atoms with Crippen molar-refractivity contribution in [2.24, 2.45) is 0 Å². The van der Waals surface area contributed by atoms with Crippen LogP contribution < -0.4 is 10.6 Å². The minimum absolute atomic E-state index is 0.0546. The minimum atomic E-state index is -0.0546. The Morgan fingerprint density at radius 3 is 2.14 bits per heavy atom. The van der Waals surface area contributed by atoms with E-state index in [0.29, 0.717) is 5.56 Å². The van der Waals surface area contributed by atoms with Gasteiger partial charge in [0, 0.05) is 24.8 Å². The normalized spacial score (nSPS) is 10.2. The summed E-state index contributed by atoms with van der Waals surface area (Å²) in [5, 5.41) is 6.01. The Hall–Kier alpha value is -2.29. The topological polar surface area (TPSA) is 41.1 Å². The maximum Gasteiger partial charge on any atom is 0.251 e. The van der Waals surface area contributed by atoms with Crippen LogP contribution in [0, 0.1) is 0 Å². The summed E-state index contributed by atoms with van der Waals surface area (Å²) in [6, 6.07) is 16.2. The molecule has 0 saturated carbocycles. The molecule has 1 amide bonds. The third-order valence-electron chi connectivity index (χ3n) is 3.43. The maximum atomic E-state index is 11.5. The van der Waals surface area contributed by atoms with Crippen LogP contribution in [-0.2, 0) is 13.0 Å². The van der Waals surface area contributed by atoms with Crippen LogP contribution in [0.3, 0.4) is 0 Å². The lowest BCUT2D eigenvalue weighted by atomic mass is 10.1. The van der Waals surface area contributed by atoms with Gasteiger partial charge >= 0.3 is 0 Å². The van der Waals surface area contributed by atoms with Crippen LogP contribution in [-0.4, -0.2) is 13.0 Å². The highest BCUT2D eigenvalue weighted by Gasteiger charge is 2.02. The van der Waals surface area contributed by atoms with E-state index < -0.39 is 0 Å². The van der Waals surface area contributed by atoms with Gasteiger partial charge in [0.2, 0.25) is 0 Å². The van der Waals surface area contributed by atoms with Crippen molar-refractivity contribution >= 4 is 11.6 Å². The van der Waals surface area contributed by atoms with Gasteiger partial charge in [-0.05, 0) is 41.8 Å². The second-order valence-electron chi connectivity index (χ2n) is 5.08. The molecular weight excluding hydrogens is 260 g/mol. The van der Waals surface area contributed by atoms with Gasteiger partial charge in [0.1, 0.15) is 0 Å². The summed E-state index contributed by atoms with van der Waals surface area (Å²) >= 11 is 0. The van der Waals surface area contributed by atoms with Crippen molar-refractivity contribution in [3.63, 3.8) is 0 Å². The fourth-order valence-corrected chi connectivity index (χ4v) is 2.20. The van der Waals surface area contributed by atoms with Gasteiger partial charge in [0.05, 0.1) is 0 Å². The molecule has 0 aliphatic heterocycles. The molecular formula is C18H22N2O. The Bertz CT molecular complexity index is 573. The molecule has 0 heterocycles. The van der Waals surface area contributed by atoms with E-state index in [2.05, 4.69) is 41.8 Å². The lowest BCUT2D eigenvalue weighted by Gasteiger charge is -2.08. The molecule has 0 aliphatic rings. The van der Waals surface area contributed by atoms with Gasteiger partial charge in [-0.3, -0.25) is 4.79 Å².